The molecule has 19 heavy (non-hydrogen) atoms. The first-order chi connectivity index (χ1) is 9.10. The summed E-state index contributed by atoms with van der Waals surface area (Å²) in [4.78, 5) is 19.3. The molecular formula is C13H19N3O2S. The maximum absolute atomic E-state index is 11.0. The van der Waals surface area contributed by atoms with Crippen LogP contribution in [0.5, 0.6) is 0 Å². The second-order valence-corrected chi connectivity index (χ2v) is 5.91. The van der Waals surface area contributed by atoms with Gasteiger partial charge in [0.1, 0.15) is 0 Å². The molecule has 6 heteroatoms. The molecule has 1 fully saturated rings. The number of hydrogen-bond acceptors (Lipinski definition) is 5. The van der Waals surface area contributed by atoms with Crippen LogP contribution in [0.25, 0.3) is 0 Å². The zero-order valence-electron chi connectivity index (χ0n) is 11.2. The van der Waals surface area contributed by atoms with Crippen LogP contribution in [-0.2, 0) is 0 Å². The van der Waals surface area contributed by atoms with Crippen molar-refractivity contribution in [2.75, 3.05) is 11.6 Å². The molecular weight excluding hydrogens is 262 g/mol. The number of nitrogens with one attached hydrogen (secondary N) is 1. The van der Waals surface area contributed by atoms with Crippen molar-refractivity contribution in [2.45, 2.75) is 43.9 Å². The van der Waals surface area contributed by atoms with Gasteiger partial charge in [-0.2, -0.15) is 11.8 Å². The lowest BCUT2D eigenvalue weighted by Gasteiger charge is -2.30. The van der Waals surface area contributed by atoms with E-state index in [0.717, 1.165) is 6.42 Å². The lowest BCUT2D eigenvalue weighted by molar-refractivity contribution is 0.0690. The lowest BCUT2D eigenvalue weighted by Crippen LogP contribution is -2.35. The molecule has 1 aliphatic carbocycles. The van der Waals surface area contributed by atoms with E-state index in [0.29, 0.717) is 22.9 Å². The maximum atomic E-state index is 11.0. The van der Waals surface area contributed by atoms with Gasteiger partial charge in [0.2, 0.25) is 5.95 Å². The first-order valence-electron chi connectivity index (χ1n) is 6.48. The normalized spacial score (nSPS) is 23.1. The number of rotatable bonds is 4. The van der Waals surface area contributed by atoms with Crippen LogP contribution in [0.1, 0.15) is 41.9 Å². The summed E-state index contributed by atoms with van der Waals surface area (Å²) in [6.45, 7) is 1.78. The van der Waals surface area contributed by atoms with Gasteiger partial charge in [-0.1, -0.05) is 12.8 Å². The molecule has 1 aliphatic rings. The van der Waals surface area contributed by atoms with E-state index in [-0.39, 0.29) is 5.69 Å². The molecule has 1 aromatic heterocycles. The number of carbonyl (C=O) groups is 1. The zero-order chi connectivity index (χ0) is 13.8. The molecule has 1 aromatic rings. The monoisotopic (exact) mass is 281 g/mol. The van der Waals surface area contributed by atoms with Crippen LogP contribution in [-0.4, -0.2) is 38.6 Å². The van der Waals surface area contributed by atoms with Gasteiger partial charge in [-0.25, -0.2) is 14.8 Å². The van der Waals surface area contributed by atoms with Crippen LogP contribution in [0, 0.1) is 6.92 Å². The highest BCUT2D eigenvalue weighted by Gasteiger charge is 2.25. The number of aromatic nitrogens is 2. The summed E-state index contributed by atoms with van der Waals surface area (Å²) in [5.41, 5.74) is 0.720. The Labute approximate surface area is 117 Å². The number of aromatic carboxylic acids is 1. The van der Waals surface area contributed by atoms with Crippen molar-refractivity contribution >= 4 is 23.7 Å². The van der Waals surface area contributed by atoms with Gasteiger partial charge >= 0.3 is 5.97 Å². The number of carboxylic acids is 1. The van der Waals surface area contributed by atoms with Gasteiger partial charge in [0.15, 0.2) is 5.69 Å². The van der Waals surface area contributed by atoms with Gasteiger partial charge in [-0.3, -0.25) is 0 Å². The van der Waals surface area contributed by atoms with E-state index in [4.69, 9.17) is 5.11 Å². The van der Waals surface area contributed by atoms with Crippen molar-refractivity contribution in [1.82, 2.24) is 9.97 Å². The molecule has 2 N–H and O–H groups in total. The van der Waals surface area contributed by atoms with Gasteiger partial charge in [0, 0.05) is 17.0 Å². The number of anilines is 1. The van der Waals surface area contributed by atoms with E-state index >= 15 is 0 Å². The Morgan fingerprint density at radius 2 is 2.16 bits per heavy atom. The highest BCUT2D eigenvalue weighted by Crippen LogP contribution is 2.28. The van der Waals surface area contributed by atoms with Crippen molar-refractivity contribution in [3.63, 3.8) is 0 Å². The van der Waals surface area contributed by atoms with Gasteiger partial charge in [0.25, 0.3) is 0 Å². The van der Waals surface area contributed by atoms with Gasteiger partial charge in [0.05, 0.1) is 0 Å². The minimum atomic E-state index is -1.02. The first-order valence-corrected chi connectivity index (χ1v) is 7.77. The third-order valence-electron chi connectivity index (χ3n) is 3.39. The first kappa shape index (κ1) is 14.1. The van der Waals surface area contributed by atoms with Crippen LogP contribution in [0.2, 0.25) is 0 Å². The molecule has 0 amide bonds. The van der Waals surface area contributed by atoms with Crippen LogP contribution < -0.4 is 5.32 Å². The van der Waals surface area contributed by atoms with Crippen LogP contribution >= 0.6 is 11.8 Å². The van der Waals surface area contributed by atoms with E-state index in [2.05, 4.69) is 21.5 Å². The zero-order valence-corrected chi connectivity index (χ0v) is 12.0. The van der Waals surface area contributed by atoms with E-state index in [1.54, 1.807) is 6.92 Å². The van der Waals surface area contributed by atoms with E-state index in [1.165, 1.54) is 25.3 Å². The van der Waals surface area contributed by atoms with Crippen molar-refractivity contribution in [3.8, 4) is 0 Å². The summed E-state index contributed by atoms with van der Waals surface area (Å²) in [5, 5.41) is 12.9. The molecule has 1 heterocycles. The fraction of sp³-hybridized carbons (Fsp3) is 0.615. The van der Waals surface area contributed by atoms with E-state index < -0.39 is 5.97 Å². The maximum Gasteiger partial charge on any atom is 0.354 e. The highest BCUT2D eigenvalue weighted by atomic mass is 32.2. The molecule has 0 radical (unpaired) electrons. The van der Waals surface area contributed by atoms with Gasteiger partial charge in [-0.15, -0.1) is 0 Å². The molecule has 104 valence electrons. The molecule has 1 saturated carbocycles. The Balaban J connectivity index is 2.15. The molecule has 2 rings (SSSR count). The number of carboxylic acid groups (broad SMARTS) is 1. The van der Waals surface area contributed by atoms with Crippen LogP contribution in [0.4, 0.5) is 5.95 Å². The summed E-state index contributed by atoms with van der Waals surface area (Å²) in [5.74, 6) is -0.582. The molecule has 2 unspecified atom stereocenters. The summed E-state index contributed by atoms with van der Waals surface area (Å²) in [7, 11) is 0. The molecule has 2 atom stereocenters. The van der Waals surface area contributed by atoms with Gasteiger partial charge < -0.3 is 10.4 Å². The molecule has 0 bridgehead atoms. The smallest absolute Gasteiger partial charge is 0.354 e. The summed E-state index contributed by atoms with van der Waals surface area (Å²) in [6, 6.07) is 1.81. The predicted molar refractivity (Wildman–Crippen MR) is 76.9 cm³/mol. The average molecular weight is 281 g/mol. The molecule has 0 aliphatic heterocycles. The predicted octanol–water partition coefficient (Wildman–Crippen LogP) is 2.57. The molecule has 0 aromatic carbocycles. The quantitative estimate of drug-likeness (QED) is 0.883. The number of thioether (sulfide) groups is 1. The fourth-order valence-electron chi connectivity index (χ4n) is 2.45. The van der Waals surface area contributed by atoms with Crippen molar-refractivity contribution < 1.29 is 9.90 Å². The van der Waals surface area contributed by atoms with Crippen molar-refractivity contribution in [1.29, 1.82) is 0 Å². The Morgan fingerprint density at radius 1 is 1.42 bits per heavy atom. The third-order valence-corrected chi connectivity index (χ3v) is 4.56. The van der Waals surface area contributed by atoms with Crippen molar-refractivity contribution in [2.24, 2.45) is 0 Å². The Kier molecular flexibility index (Phi) is 4.63. The Bertz CT molecular complexity index is 467. The minimum absolute atomic E-state index is 0.0477. The topological polar surface area (TPSA) is 75.1 Å². The average Bonchev–Trinajstić information content (AvgIpc) is 2.38. The van der Waals surface area contributed by atoms with Gasteiger partial charge in [-0.05, 0) is 32.1 Å². The Hall–Kier alpha value is -1.30. The van der Waals surface area contributed by atoms with Crippen LogP contribution in [0.3, 0.4) is 0 Å². The molecule has 0 saturated heterocycles. The second-order valence-electron chi connectivity index (χ2n) is 4.83. The summed E-state index contributed by atoms with van der Waals surface area (Å²) >= 11 is 1.85. The number of nitrogens with zero attached hydrogens (tertiary/aromatic N) is 2. The molecule has 5 nitrogen and oxygen atoms in total. The third kappa shape index (κ3) is 3.59. The Morgan fingerprint density at radius 3 is 2.84 bits per heavy atom. The highest BCUT2D eigenvalue weighted by molar-refractivity contribution is 7.99. The van der Waals surface area contributed by atoms with E-state index in [1.807, 2.05) is 11.8 Å². The lowest BCUT2D eigenvalue weighted by atomic mass is 9.95. The largest absolute Gasteiger partial charge is 0.477 e. The van der Waals surface area contributed by atoms with Crippen LogP contribution in [0.15, 0.2) is 6.07 Å². The SMILES string of the molecule is CSC1CCCCC1Nc1nc(C)cc(C(=O)O)n1. The van der Waals surface area contributed by atoms with Crippen molar-refractivity contribution in [3.05, 3.63) is 17.5 Å². The molecule has 0 spiro atoms. The second kappa shape index (κ2) is 6.23. The summed E-state index contributed by atoms with van der Waals surface area (Å²) in [6.07, 6.45) is 6.86. The minimum Gasteiger partial charge on any atom is -0.477 e. The summed E-state index contributed by atoms with van der Waals surface area (Å²) < 4.78 is 0. The number of aryl methyl sites for hydroxylation is 1. The standard InChI is InChI=1S/C13H19N3O2S/c1-8-7-10(12(17)18)16-13(14-8)15-9-5-3-4-6-11(9)19-2/h7,9,11H,3-6H2,1-2H3,(H,17,18)(H,14,15,16). The van der Waals surface area contributed by atoms with E-state index in [9.17, 15) is 4.79 Å². The fourth-order valence-corrected chi connectivity index (χ4v) is 3.39. The number of hydrogen-bond donors (Lipinski definition) is 2.